The first-order valence-corrected chi connectivity index (χ1v) is 6.64. The highest BCUT2D eigenvalue weighted by molar-refractivity contribution is 8.13. The van der Waals surface area contributed by atoms with E-state index in [2.05, 4.69) is 0 Å². The summed E-state index contributed by atoms with van der Waals surface area (Å²) in [5.41, 5.74) is -2.24. The Morgan fingerprint density at radius 2 is 1.94 bits per heavy atom. The molecule has 0 unspecified atom stereocenters. The average molecular weight is 316 g/mol. The zero-order valence-corrected chi connectivity index (χ0v) is 10.5. The van der Waals surface area contributed by atoms with Crippen molar-refractivity contribution in [2.45, 2.75) is 4.90 Å². The van der Waals surface area contributed by atoms with Crippen molar-refractivity contribution in [3.63, 3.8) is 0 Å². The van der Waals surface area contributed by atoms with Crippen LogP contribution in [0.5, 0.6) is 5.75 Å². The molecule has 0 atom stereocenters. The van der Waals surface area contributed by atoms with Gasteiger partial charge in [0.15, 0.2) is 0 Å². The Morgan fingerprint density at radius 1 is 1.44 bits per heavy atom. The maximum atomic E-state index is 11.1. The summed E-state index contributed by atoms with van der Waals surface area (Å²) in [6.07, 6.45) is 0. The molecular formula is C7H3Cl2NO7S. The third-order valence-electron chi connectivity index (χ3n) is 1.85. The fourth-order valence-corrected chi connectivity index (χ4v) is 2.69. The van der Waals surface area contributed by atoms with Crippen LogP contribution in [0.1, 0.15) is 10.4 Å². The molecule has 98 valence electrons. The molecule has 11 heteroatoms. The minimum absolute atomic E-state index is 0.440. The molecule has 0 bridgehead atoms. The summed E-state index contributed by atoms with van der Waals surface area (Å²) in [4.78, 5) is 19.2. The number of nitrogens with zero attached hydrogens (tertiary/aromatic N) is 1. The van der Waals surface area contributed by atoms with Crippen LogP contribution >= 0.6 is 22.3 Å². The van der Waals surface area contributed by atoms with Gasteiger partial charge in [-0.15, -0.1) is 0 Å². The normalized spacial score (nSPS) is 11.2. The summed E-state index contributed by atoms with van der Waals surface area (Å²) in [6, 6.07) is 0.440. The topological polar surface area (TPSA) is 135 Å². The quantitative estimate of drug-likeness (QED) is 0.491. The van der Waals surface area contributed by atoms with Crippen molar-refractivity contribution in [1.82, 2.24) is 0 Å². The molecule has 1 aromatic carbocycles. The summed E-state index contributed by atoms with van der Waals surface area (Å²) in [5, 5.41) is 27.7. The van der Waals surface area contributed by atoms with Crippen LogP contribution in [0.3, 0.4) is 0 Å². The predicted octanol–water partition coefficient (Wildman–Crippen LogP) is 1.58. The van der Waals surface area contributed by atoms with E-state index < -0.39 is 46.9 Å². The van der Waals surface area contributed by atoms with Gasteiger partial charge in [0.05, 0.1) is 4.92 Å². The second-order valence-corrected chi connectivity index (χ2v) is 5.85. The van der Waals surface area contributed by atoms with E-state index in [0.29, 0.717) is 6.07 Å². The van der Waals surface area contributed by atoms with Crippen molar-refractivity contribution in [3.05, 3.63) is 26.8 Å². The van der Waals surface area contributed by atoms with Gasteiger partial charge in [-0.05, 0) is 6.07 Å². The Labute approximate surface area is 109 Å². The van der Waals surface area contributed by atoms with Gasteiger partial charge in [-0.25, -0.2) is 13.2 Å². The predicted molar refractivity (Wildman–Crippen MR) is 59.8 cm³/mol. The SMILES string of the molecule is O=C(O)c1cc(S(=O)(=O)Cl)c(Cl)c([N+](=O)[O-])c1O. The van der Waals surface area contributed by atoms with Gasteiger partial charge in [-0.1, -0.05) is 11.6 Å². The number of phenols is 1. The first-order chi connectivity index (χ1) is 8.07. The number of carboxylic acid groups (broad SMARTS) is 1. The molecule has 8 nitrogen and oxygen atoms in total. The summed E-state index contributed by atoms with van der Waals surface area (Å²) in [7, 11) is 0.459. The molecule has 0 aliphatic carbocycles. The van der Waals surface area contributed by atoms with Crippen LogP contribution in [-0.2, 0) is 9.05 Å². The van der Waals surface area contributed by atoms with Crippen molar-refractivity contribution < 1.29 is 28.3 Å². The van der Waals surface area contributed by atoms with Crippen molar-refractivity contribution in [2.75, 3.05) is 0 Å². The maximum Gasteiger partial charge on any atom is 0.339 e. The molecule has 0 aromatic heterocycles. The van der Waals surface area contributed by atoms with Gasteiger partial charge in [0.1, 0.15) is 15.5 Å². The molecule has 1 aromatic rings. The van der Waals surface area contributed by atoms with Crippen LogP contribution in [0.2, 0.25) is 5.02 Å². The highest BCUT2D eigenvalue weighted by atomic mass is 35.7. The highest BCUT2D eigenvalue weighted by Gasteiger charge is 2.32. The molecule has 0 radical (unpaired) electrons. The molecule has 2 N–H and O–H groups in total. The molecule has 0 heterocycles. The summed E-state index contributed by atoms with van der Waals surface area (Å²) in [6.45, 7) is 0. The highest BCUT2D eigenvalue weighted by Crippen LogP contribution is 2.42. The molecule has 0 saturated heterocycles. The van der Waals surface area contributed by atoms with Crippen LogP contribution < -0.4 is 0 Å². The Hall–Kier alpha value is -1.58. The number of benzene rings is 1. The zero-order valence-electron chi connectivity index (χ0n) is 8.12. The minimum atomic E-state index is -4.50. The van der Waals surface area contributed by atoms with E-state index in [-0.39, 0.29) is 0 Å². The van der Waals surface area contributed by atoms with Crippen LogP contribution in [0.4, 0.5) is 5.69 Å². The number of hydrogen-bond donors (Lipinski definition) is 2. The molecule has 0 aliphatic rings. The molecule has 0 fully saturated rings. The number of aromatic hydroxyl groups is 1. The standard InChI is InChI=1S/C7H3Cl2NO7S/c8-4-3(18(9,16)17)1-2(7(12)13)6(11)5(4)10(14)15/h1,11H,(H,12,13). The Morgan fingerprint density at radius 3 is 2.28 bits per heavy atom. The molecule has 0 saturated carbocycles. The number of carbonyl (C=O) groups is 1. The van der Waals surface area contributed by atoms with Gasteiger partial charge in [0, 0.05) is 10.7 Å². The summed E-state index contributed by atoms with van der Waals surface area (Å²) >= 11 is 5.41. The largest absolute Gasteiger partial charge is 0.501 e. The van der Waals surface area contributed by atoms with Gasteiger partial charge in [-0.3, -0.25) is 10.1 Å². The first kappa shape index (κ1) is 14.5. The number of rotatable bonds is 3. The third-order valence-corrected chi connectivity index (χ3v) is 3.70. The molecule has 18 heavy (non-hydrogen) atoms. The number of aromatic carboxylic acids is 1. The third kappa shape index (κ3) is 2.47. The van der Waals surface area contributed by atoms with Gasteiger partial charge in [-0.2, -0.15) is 0 Å². The smallest absolute Gasteiger partial charge is 0.339 e. The number of nitro groups is 1. The van der Waals surface area contributed by atoms with Gasteiger partial charge in [0.25, 0.3) is 9.05 Å². The lowest BCUT2D eigenvalue weighted by Gasteiger charge is -2.06. The fourth-order valence-electron chi connectivity index (χ4n) is 1.12. The Bertz CT molecular complexity index is 654. The molecule has 0 spiro atoms. The van der Waals surface area contributed by atoms with Crippen molar-refractivity contribution >= 4 is 43.0 Å². The van der Waals surface area contributed by atoms with E-state index in [4.69, 9.17) is 27.4 Å². The maximum absolute atomic E-state index is 11.1. The van der Waals surface area contributed by atoms with E-state index in [1.807, 2.05) is 0 Å². The molecule has 1 rings (SSSR count). The van der Waals surface area contributed by atoms with E-state index in [1.165, 1.54) is 0 Å². The first-order valence-electron chi connectivity index (χ1n) is 3.95. The second kappa shape index (κ2) is 4.59. The number of carboxylic acids is 1. The lowest BCUT2D eigenvalue weighted by Crippen LogP contribution is -2.04. The monoisotopic (exact) mass is 315 g/mol. The van der Waals surface area contributed by atoms with Crippen LogP contribution in [-0.4, -0.2) is 29.5 Å². The van der Waals surface area contributed by atoms with Crippen LogP contribution in [0.25, 0.3) is 0 Å². The zero-order chi connectivity index (χ0) is 14.2. The minimum Gasteiger partial charge on any atom is -0.501 e. The number of nitro benzene ring substituents is 1. The lowest BCUT2D eigenvalue weighted by molar-refractivity contribution is -0.385. The van der Waals surface area contributed by atoms with Crippen LogP contribution in [0.15, 0.2) is 11.0 Å². The fraction of sp³-hybridized carbons (Fsp3) is 0. The van der Waals surface area contributed by atoms with E-state index in [1.54, 1.807) is 0 Å². The second-order valence-electron chi connectivity index (χ2n) is 2.93. The number of hydrogen-bond acceptors (Lipinski definition) is 6. The van der Waals surface area contributed by atoms with Crippen molar-refractivity contribution in [2.24, 2.45) is 0 Å². The summed E-state index contributed by atoms with van der Waals surface area (Å²) < 4.78 is 22.2. The van der Waals surface area contributed by atoms with E-state index >= 15 is 0 Å². The average Bonchev–Trinajstić information content (AvgIpc) is 2.13. The summed E-state index contributed by atoms with van der Waals surface area (Å²) in [5.74, 6) is -3.02. The van der Waals surface area contributed by atoms with E-state index in [0.717, 1.165) is 0 Å². The molecular weight excluding hydrogens is 313 g/mol. The van der Waals surface area contributed by atoms with Gasteiger partial charge >= 0.3 is 11.7 Å². The van der Waals surface area contributed by atoms with Gasteiger partial charge < -0.3 is 10.2 Å². The Balaban J connectivity index is 3.90. The molecule has 0 amide bonds. The number of halogens is 2. The van der Waals surface area contributed by atoms with Crippen LogP contribution in [0, 0.1) is 10.1 Å². The van der Waals surface area contributed by atoms with E-state index in [9.17, 15) is 28.4 Å². The lowest BCUT2D eigenvalue weighted by atomic mass is 10.1. The van der Waals surface area contributed by atoms with Crippen molar-refractivity contribution in [1.29, 1.82) is 0 Å². The molecule has 0 aliphatic heterocycles. The Kier molecular flexibility index (Phi) is 3.70. The van der Waals surface area contributed by atoms with Gasteiger partial charge in [0.2, 0.25) is 5.75 Å². The van der Waals surface area contributed by atoms with Crippen molar-refractivity contribution in [3.8, 4) is 5.75 Å².